The third-order valence-corrected chi connectivity index (χ3v) is 4.16. The van der Waals surface area contributed by atoms with Gasteiger partial charge in [-0.05, 0) is 26.2 Å². The molecule has 1 aliphatic carbocycles. The molecule has 2 rings (SSSR count). The third-order valence-electron chi connectivity index (χ3n) is 4.16. The second-order valence-corrected chi connectivity index (χ2v) is 6.18. The Balaban J connectivity index is 1.63. The molecule has 2 aliphatic rings. The number of β-amino-alcohol motifs (C(OH)–C–C–N with tert-alkyl or cyclic N) is 1. The van der Waals surface area contributed by atoms with Crippen LogP contribution < -0.4 is 5.32 Å². The monoisotopic (exact) mass is 254 g/mol. The van der Waals surface area contributed by atoms with E-state index in [9.17, 15) is 9.90 Å². The summed E-state index contributed by atoms with van der Waals surface area (Å²) in [5.74, 6) is 0.174. The molecule has 1 unspecified atom stereocenters. The van der Waals surface area contributed by atoms with Crippen LogP contribution in [-0.2, 0) is 4.79 Å². The number of aliphatic hydroxyl groups is 1. The van der Waals surface area contributed by atoms with Gasteiger partial charge in [0.25, 0.3) is 0 Å². The van der Waals surface area contributed by atoms with Crippen LogP contribution >= 0.6 is 0 Å². The Labute approximate surface area is 110 Å². The highest BCUT2D eigenvalue weighted by Crippen LogP contribution is 2.20. The lowest BCUT2D eigenvalue weighted by molar-refractivity contribution is -0.122. The molecule has 0 aromatic heterocycles. The van der Waals surface area contributed by atoms with E-state index in [-0.39, 0.29) is 5.91 Å². The third kappa shape index (κ3) is 4.25. The van der Waals surface area contributed by atoms with Crippen LogP contribution in [-0.4, -0.2) is 47.2 Å². The van der Waals surface area contributed by atoms with E-state index in [1.54, 1.807) is 0 Å². The van der Waals surface area contributed by atoms with E-state index in [1.807, 2.05) is 6.92 Å². The van der Waals surface area contributed by atoms with Crippen molar-refractivity contribution in [3.05, 3.63) is 0 Å². The van der Waals surface area contributed by atoms with Crippen molar-refractivity contribution in [2.24, 2.45) is 0 Å². The summed E-state index contributed by atoms with van der Waals surface area (Å²) in [6.07, 6.45) is 7.48. The average molecular weight is 254 g/mol. The van der Waals surface area contributed by atoms with E-state index in [0.717, 1.165) is 32.4 Å². The lowest BCUT2D eigenvalue weighted by Crippen LogP contribution is -2.38. The fraction of sp³-hybridized carbons (Fsp3) is 0.929. The number of rotatable bonds is 4. The average Bonchev–Trinajstić information content (AvgIpc) is 2.68. The molecule has 18 heavy (non-hydrogen) atoms. The Bertz CT molecular complexity index is 286. The molecule has 2 fully saturated rings. The molecule has 4 nitrogen and oxygen atoms in total. The Morgan fingerprint density at radius 3 is 2.72 bits per heavy atom. The zero-order valence-corrected chi connectivity index (χ0v) is 11.5. The molecule has 0 aromatic carbocycles. The molecule has 0 bridgehead atoms. The molecule has 1 aliphatic heterocycles. The number of carbonyl (C=O) groups is 1. The molecular formula is C14H26N2O2. The minimum Gasteiger partial charge on any atom is -0.389 e. The van der Waals surface area contributed by atoms with Crippen LogP contribution in [0.15, 0.2) is 0 Å². The molecule has 0 spiro atoms. The first-order chi connectivity index (χ1) is 8.55. The number of hydrogen-bond donors (Lipinski definition) is 2. The molecule has 1 saturated carbocycles. The van der Waals surface area contributed by atoms with Gasteiger partial charge in [0, 0.05) is 32.1 Å². The SMILES string of the molecule is CC1(O)CCN(CCC(=O)NC2CCCCC2)C1. The minimum absolute atomic E-state index is 0.174. The van der Waals surface area contributed by atoms with Crippen LogP contribution in [0.3, 0.4) is 0 Å². The van der Waals surface area contributed by atoms with E-state index in [4.69, 9.17) is 0 Å². The van der Waals surface area contributed by atoms with Crippen molar-refractivity contribution in [3.63, 3.8) is 0 Å². The van der Waals surface area contributed by atoms with Crippen molar-refractivity contribution in [2.75, 3.05) is 19.6 Å². The molecular weight excluding hydrogens is 228 g/mol. The first-order valence-electron chi connectivity index (χ1n) is 7.29. The quantitative estimate of drug-likeness (QED) is 0.794. The Morgan fingerprint density at radius 2 is 2.11 bits per heavy atom. The molecule has 1 amide bonds. The molecule has 1 saturated heterocycles. The van der Waals surface area contributed by atoms with Gasteiger partial charge >= 0.3 is 0 Å². The highest BCUT2D eigenvalue weighted by Gasteiger charge is 2.31. The van der Waals surface area contributed by atoms with Crippen LogP contribution in [0, 0.1) is 0 Å². The predicted molar refractivity (Wildman–Crippen MR) is 71.3 cm³/mol. The van der Waals surface area contributed by atoms with Crippen LogP contribution in [0.5, 0.6) is 0 Å². The fourth-order valence-electron chi connectivity index (χ4n) is 3.04. The van der Waals surface area contributed by atoms with E-state index in [2.05, 4.69) is 10.2 Å². The van der Waals surface area contributed by atoms with Gasteiger partial charge in [-0.3, -0.25) is 9.69 Å². The van der Waals surface area contributed by atoms with Crippen molar-refractivity contribution in [1.82, 2.24) is 10.2 Å². The Morgan fingerprint density at radius 1 is 1.39 bits per heavy atom. The first-order valence-corrected chi connectivity index (χ1v) is 7.29. The van der Waals surface area contributed by atoms with Gasteiger partial charge in [-0.1, -0.05) is 19.3 Å². The summed E-state index contributed by atoms with van der Waals surface area (Å²) in [5.41, 5.74) is -0.556. The van der Waals surface area contributed by atoms with Gasteiger partial charge in [0.05, 0.1) is 5.60 Å². The van der Waals surface area contributed by atoms with E-state index >= 15 is 0 Å². The maximum absolute atomic E-state index is 11.8. The number of nitrogens with zero attached hydrogens (tertiary/aromatic N) is 1. The first kappa shape index (κ1) is 13.8. The van der Waals surface area contributed by atoms with Crippen LogP contribution in [0.2, 0.25) is 0 Å². The molecule has 4 heteroatoms. The maximum atomic E-state index is 11.8. The van der Waals surface area contributed by atoms with Crippen molar-refractivity contribution < 1.29 is 9.90 Å². The Hall–Kier alpha value is -0.610. The summed E-state index contributed by atoms with van der Waals surface area (Å²) in [6, 6.07) is 0.410. The number of carbonyl (C=O) groups excluding carboxylic acids is 1. The van der Waals surface area contributed by atoms with Gasteiger partial charge in [-0.25, -0.2) is 0 Å². The highest BCUT2D eigenvalue weighted by atomic mass is 16.3. The number of nitrogens with one attached hydrogen (secondary N) is 1. The number of amides is 1. The summed E-state index contributed by atoms with van der Waals surface area (Å²) in [7, 11) is 0. The van der Waals surface area contributed by atoms with Gasteiger partial charge in [0.15, 0.2) is 0 Å². The summed E-state index contributed by atoms with van der Waals surface area (Å²) in [5, 5.41) is 13.0. The van der Waals surface area contributed by atoms with Crippen LogP contribution in [0.4, 0.5) is 0 Å². The largest absolute Gasteiger partial charge is 0.389 e. The second-order valence-electron chi connectivity index (χ2n) is 6.18. The normalized spacial score (nSPS) is 30.6. The van der Waals surface area contributed by atoms with E-state index in [0.29, 0.717) is 19.0 Å². The smallest absolute Gasteiger partial charge is 0.221 e. The van der Waals surface area contributed by atoms with Gasteiger partial charge in [-0.2, -0.15) is 0 Å². The summed E-state index contributed by atoms with van der Waals surface area (Å²) in [4.78, 5) is 14.0. The lowest BCUT2D eigenvalue weighted by atomic mass is 9.95. The number of likely N-dealkylation sites (tertiary alicyclic amines) is 1. The number of hydrogen-bond acceptors (Lipinski definition) is 3. The fourth-order valence-corrected chi connectivity index (χ4v) is 3.04. The lowest BCUT2D eigenvalue weighted by Gasteiger charge is -2.23. The van der Waals surface area contributed by atoms with Gasteiger partial charge in [0.1, 0.15) is 0 Å². The standard InChI is InChI=1S/C14H26N2O2/c1-14(18)8-10-16(11-14)9-7-13(17)15-12-5-3-2-4-6-12/h12,18H,2-11H2,1H3,(H,15,17). The van der Waals surface area contributed by atoms with Crippen molar-refractivity contribution in [1.29, 1.82) is 0 Å². The highest BCUT2D eigenvalue weighted by molar-refractivity contribution is 5.76. The van der Waals surface area contributed by atoms with Gasteiger partial charge < -0.3 is 10.4 Å². The van der Waals surface area contributed by atoms with E-state index < -0.39 is 5.60 Å². The Kier molecular flexibility index (Phi) is 4.62. The van der Waals surface area contributed by atoms with E-state index in [1.165, 1.54) is 19.3 Å². The molecule has 2 N–H and O–H groups in total. The molecule has 1 heterocycles. The summed E-state index contributed by atoms with van der Waals surface area (Å²) in [6.45, 7) is 4.25. The molecule has 0 radical (unpaired) electrons. The topological polar surface area (TPSA) is 52.6 Å². The van der Waals surface area contributed by atoms with Crippen LogP contribution in [0.25, 0.3) is 0 Å². The minimum atomic E-state index is -0.556. The van der Waals surface area contributed by atoms with Crippen molar-refractivity contribution in [2.45, 2.75) is 63.5 Å². The second kappa shape index (κ2) is 6.02. The maximum Gasteiger partial charge on any atom is 0.221 e. The van der Waals surface area contributed by atoms with Crippen LogP contribution in [0.1, 0.15) is 51.9 Å². The summed E-state index contributed by atoms with van der Waals surface area (Å²) < 4.78 is 0. The zero-order chi connectivity index (χ0) is 13.0. The molecule has 0 aromatic rings. The van der Waals surface area contributed by atoms with Crippen molar-refractivity contribution in [3.8, 4) is 0 Å². The molecule has 104 valence electrons. The van der Waals surface area contributed by atoms with Crippen molar-refractivity contribution >= 4 is 5.91 Å². The zero-order valence-electron chi connectivity index (χ0n) is 11.5. The predicted octanol–water partition coefficient (Wildman–Crippen LogP) is 1.28. The van der Waals surface area contributed by atoms with Gasteiger partial charge in [0.2, 0.25) is 5.91 Å². The van der Waals surface area contributed by atoms with Gasteiger partial charge in [-0.15, -0.1) is 0 Å². The summed E-state index contributed by atoms with van der Waals surface area (Å²) >= 11 is 0. The molecule has 1 atom stereocenters.